The van der Waals surface area contributed by atoms with Crippen LogP contribution in [0.1, 0.15) is 26.0 Å². The third-order valence-corrected chi connectivity index (χ3v) is 2.20. The Kier molecular flexibility index (Phi) is 5.69. The lowest BCUT2D eigenvalue weighted by Gasteiger charge is -2.14. The van der Waals surface area contributed by atoms with E-state index in [2.05, 4.69) is 34.4 Å². The minimum absolute atomic E-state index is 0.230. The molecule has 0 saturated heterocycles. The van der Waals surface area contributed by atoms with E-state index in [1.807, 2.05) is 13.0 Å². The summed E-state index contributed by atoms with van der Waals surface area (Å²) in [7, 11) is 1.69. The summed E-state index contributed by atoms with van der Waals surface area (Å²) in [6, 6.07) is 2.16. The fourth-order valence-electron chi connectivity index (χ4n) is 1.50. The standard InChI is InChI=1S/C12H22N4O/c1-5-6-13-12-15-9(2)7-11(16-12)14-10(3)8-17-4/h7,10H,5-6,8H2,1-4H3,(H2,13,14,15,16). The summed E-state index contributed by atoms with van der Waals surface area (Å²) in [5.74, 6) is 1.51. The predicted octanol–water partition coefficient (Wildman–Crippen LogP) is 2.05. The Morgan fingerprint density at radius 2 is 2.18 bits per heavy atom. The first kappa shape index (κ1) is 13.7. The van der Waals surface area contributed by atoms with Crippen LogP contribution in [0.3, 0.4) is 0 Å². The van der Waals surface area contributed by atoms with Crippen molar-refractivity contribution in [3.05, 3.63) is 11.8 Å². The fraction of sp³-hybridized carbons (Fsp3) is 0.667. The first-order chi connectivity index (χ1) is 8.15. The summed E-state index contributed by atoms with van der Waals surface area (Å²) < 4.78 is 5.08. The van der Waals surface area contributed by atoms with Gasteiger partial charge in [-0.3, -0.25) is 0 Å². The molecule has 96 valence electrons. The molecule has 1 aromatic heterocycles. The average molecular weight is 238 g/mol. The van der Waals surface area contributed by atoms with E-state index < -0.39 is 0 Å². The van der Waals surface area contributed by atoms with Gasteiger partial charge in [-0.25, -0.2) is 4.98 Å². The Morgan fingerprint density at radius 1 is 1.41 bits per heavy atom. The van der Waals surface area contributed by atoms with Gasteiger partial charge in [0, 0.05) is 31.5 Å². The molecule has 17 heavy (non-hydrogen) atoms. The van der Waals surface area contributed by atoms with Crippen molar-refractivity contribution < 1.29 is 4.74 Å². The van der Waals surface area contributed by atoms with Crippen LogP contribution in [0.25, 0.3) is 0 Å². The lowest BCUT2D eigenvalue weighted by Crippen LogP contribution is -2.22. The van der Waals surface area contributed by atoms with Gasteiger partial charge in [-0.05, 0) is 20.3 Å². The Hall–Kier alpha value is -1.36. The molecule has 5 nitrogen and oxygen atoms in total. The lowest BCUT2D eigenvalue weighted by atomic mass is 10.3. The summed E-state index contributed by atoms with van der Waals surface area (Å²) in [5, 5.41) is 6.47. The molecule has 0 aromatic carbocycles. The van der Waals surface area contributed by atoms with Gasteiger partial charge in [0.15, 0.2) is 0 Å². The summed E-state index contributed by atoms with van der Waals surface area (Å²) >= 11 is 0. The zero-order valence-corrected chi connectivity index (χ0v) is 11.1. The van der Waals surface area contributed by atoms with E-state index in [0.717, 1.165) is 24.5 Å². The third kappa shape index (κ3) is 4.99. The fourth-order valence-corrected chi connectivity index (χ4v) is 1.50. The molecule has 1 rings (SSSR count). The molecular weight excluding hydrogens is 216 g/mol. The minimum Gasteiger partial charge on any atom is -0.383 e. The van der Waals surface area contributed by atoms with Gasteiger partial charge >= 0.3 is 0 Å². The molecule has 2 N–H and O–H groups in total. The monoisotopic (exact) mass is 238 g/mol. The molecule has 0 saturated carbocycles. The molecule has 1 unspecified atom stereocenters. The second kappa shape index (κ2) is 7.06. The Morgan fingerprint density at radius 3 is 2.82 bits per heavy atom. The van der Waals surface area contributed by atoms with Crippen molar-refractivity contribution in [1.29, 1.82) is 0 Å². The summed E-state index contributed by atoms with van der Waals surface area (Å²) in [6.45, 7) is 7.67. The second-order valence-corrected chi connectivity index (χ2v) is 4.15. The van der Waals surface area contributed by atoms with Crippen LogP contribution in [0.2, 0.25) is 0 Å². The molecule has 0 amide bonds. The van der Waals surface area contributed by atoms with Crippen molar-refractivity contribution in [2.75, 3.05) is 30.9 Å². The average Bonchev–Trinajstić information content (AvgIpc) is 2.25. The smallest absolute Gasteiger partial charge is 0.224 e. The minimum atomic E-state index is 0.230. The van der Waals surface area contributed by atoms with Crippen molar-refractivity contribution in [1.82, 2.24) is 9.97 Å². The maximum absolute atomic E-state index is 5.08. The first-order valence-electron chi connectivity index (χ1n) is 6.00. The third-order valence-electron chi connectivity index (χ3n) is 2.20. The zero-order chi connectivity index (χ0) is 12.7. The van der Waals surface area contributed by atoms with Gasteiger partial charge in [-0.2, -0.15) is 4.98 Å². The lowest BCUT2D eigenvalue weighted by molar-refractivity contribution is 0.190. The maximum atomic E-state index is 5.08. The van der Waals surface area contributed by atoms with Crippen molar-refractivity contribution in [3.63, 3.8) is 0 Å². The molecule has 5 heteroatoms. The number of anilines is 2. The number of nitrogens with one attached hydrogen (secondary N) is 2. The first-order valence-corrected chi connectivity index (χ1v) is 6.00. The number of hydrogen-bond donors (Lipinski definition) is 2. The van der Waals surface area contributed by atoms with Gasteiger partial charge in [-0.15, -0.1) is 0 Å². The van der Waals surface area contributed by atoms with Crippen LogP contribution in [0.15, 0.2) is 6.07 Å². The molecule has 1 heterocycles. The van der Waals surface area contributed by atoms with Crippen LogP contribution in [-0.4, -0.2) is 36.3 Å². The van der Waals surface area contributed by atoms with Crippen LogP contribution < -0.4 is 10.6 Å². The Bertz CT molecular complexity index is 343. The van der Waals surface area contributed by atoms with E-state index in [1.165, 1.54) is 0 Å². The highest BCUT2D eigenvalue weighted by Gasteiger charge is 2.05. The van der Waals surface area contributed by atoms with Gasteiger partial charge in [0.05, 0.1) is 6.61 Å². The van der Waals surface area contributed by atoms with Gasteiger partial charge in [-0.1, -0.05) is 6.92 Å². The SMILES string of the molecule is CCCNc1nc(C)cc(NC(C)COC)n1. The molecule has 1 atom stereocenters. The second-order valence-electron chi connectivity index (χ2n) is 4.15. The number of aryl methyl sites for hydroxylation is 1. The zero-order valence-electron chi connectivity index (χ0n) is 11.1. The van der Waals surface area contributed by atoms with Crippen molar-refractivity contribution >= 4 is 11.8 Å². The van der Waals surface area contributed by atoms with Crippen molar-refractivity contribution in [3.8, 4) is 0 Å². The molecular formula is C12H22N4O. The molecule has 0 bridgehead atoms. The van der Waals surface area contributed by atoms with Crippen LogP contribution in [0.5, 0.6) is 0 Å². The van der Waals surface area contributed by atoms with E-state index in [9.17, 15) is 0 Å². The maximum Gasteiger partial charge on any atom is 0.224 e. The van der Waals surface area contributed by atoms with E-state index in [1.54, 1.807) is 7.11 Å². The van der Waals surface area contributed by atoms with Crippen molar-refractivity contribution in [2.24, 2.45) is 0 Å². The van der Waals surface area contributed by atoms with Crippen LogP contribution in [0.4, 0.5) is 11.8 Å². The Balaban J connectivity index is 2.67. The summed E-state index contributed by atoms with van der Waals surface area (Å²) in [6.07, 6.45) is 1.06. The highest BCUT2D eigenvalue weighted by molar-refractivity contribution is 5.42. The highest BCUT2D eigenvalue weighted by Crippen LogP contribution is 2.10. The quantitative estimate of drug-likeness (QED) is 0.761. The van der Waals surface area contributed by atoms with Crippen LogP contribution in [-0.2, 0) is 4.74 Å². The Labute approximate surface area is 103 Å². The van der Waals surface area contributed by atoms with Crippen molar-refractivity contribution in [2.45, 2.75) is 33.2 Å². The van der Waals surface area contributed by atoms with E-state index in [4.69, 9.17) is 4.74 Å². The number of methoxy groups -OCH3 is 1. The molecule has 0 radical (unpaired) electrons. The molecule has 1 aromatic rings. The van der Waals surface area contributed by atoms with Crippen LogP contribution in [0, 0.1) is 6.92 Å². The molecule has 0 fully saturated rings. The number of aromatic nitrogens is 2. The van der Waals surface area contributed by atoms with E-state index >= 15 is 0 Å². The number of nitrogens with zero attached hydrogens (tertiary/aromatic N) is 2. The van der Waals surface area contributed by atoms with Gasteiger partial charge < -0.3 is 15.4 Å². The highest BCUT2D eigenvalue weighted by atomic mass is 16.5. The van der Waals surface area contributed by atoms with Gasteiger partial charge in [0.25, 0.3) is 0 Å². The molecule has 0 aliphatic rings. The summed E-state index contributed by atoms with van der Waals surface area (Å²) in [4.78, 5) is 8.74. The molecule has 0 aliphatic heterocycles. The van der Waals surface area contributed by atoms with Gasteiger partial charge in [0.1, 0.15) is 5.82 Å². The van der Waals surface area contributed by atoms with Gasteiger partial charge in [0.2, 0.25) is 5.95 Å². The normalized spacial score (nSPS) is 12.2. The summed E-state index contributed by atoms with van der Waals surface area (Å²) in [5.41, 5.74) is 0.950. The number of rotatable bonds is 7. The number of hydrogen-bond acceptors (Lipinski definition) is 5. The predicted molar refractivity (Wildman–Crippen MR) is 70.5 cm³/mol. The van der Waals surface area contributed by atoms with E-state index in [0.29, 0.717) is 12.6 Å². The number of ether oxygens (including phenoxy) is 1. The topological polar surface area (TPSA) is 59.1 Å². The largest absolute Gasteiger partial charge is 0.383 e. The van der Waals surface area contributed by atoms with Crippen LogP contribution >= 0.6 is 0 Å². The van der Waals surface area contributed by atoms with E-state index in [-0.39, 0.29) is 6.04 Å². The molecule has 0 spiro atoms. The molecule has 0 aliphatic carbocycles.